The van der Waals surface area contributed by atoms with Crippen molar-refractivity contribution in [3.8, 4) is 0 Å². The summed E-state index contributed by atoms with van der Waals surface area (Å²) in [6.45, 7) is 18.5. The first-order valence-electron chi connectivity index (χ1n) is 11.1. The van der Waals surface area contributed by atoms with Crippen molar-refractivity contribution in [3.63, 3.8) is 0 Å². The van der Waals surface area contributed by atoms with Crippen LogP contribution in [-0.2, 0) is 29.3 Å². The Hall–Kier alpha value is -0.0265. The van der Waals surface area contributed by atoms with E-state index in [-0.39, 0.29) is 57.1 Å². The third-order valence-corrected chi connectivity index (χ3v) is 10.6. The average Bonchev–Trinajstić information content (AvgIpc) is 3.35. The second-order valence-corrected chi connectivity index (χ2v) is 15.1. The van der Waals surface area contributed by atoms with Crippen molar-refractivity contribution in [1.82, 2.24) is 0 Å². The normalized spacial score (nSPS) is 11.3. The summed E-state index contributed by atoms with van der Waals surface area (Å²) >= 11 is 0. The van der Waals surface area contributed by atoms with Crippen LogP contribution < -0.4 is 24.8 Å². The predicted octanol–water partition coefficient (Wildman–Crippen LogP) is 3.27. The summed E-state index contributed by atoms with van der Waals surface area (Å²) in [5.74, 6) is 6.89. The van der Waals surface area contributed by atoms with E-state index in [9.17, 15) is 0 Å². The zero-order valence-electron chi connectivity index (χ0n) is 21.3. The van der Waals surface area contributed by atoms with Gasteiger partial charge in [-0.25, -0.2) is 0 Å². The first-order chi connectivity index (χ1) is 14.2. The van der Waals surface area contributed by atoms with Gasteiger partial charge in [-0.15, -0.1) is 0 Å². The van der Waals surface area contributed by atoms with E-state index in [0.29, 0.717) is 0 Å². The second-order valence-electron chi connectivity index (χ2n) is 8.61. The van der Waals surface area contributed by atoms with E-state index in [2.05, 4.69) is 79.2 Å². The van der Waals surface area contributed by atoms with Gasteiger partial charge < -0.3 is 33.6 Å². The van der Waals surface area contributed by atoms with E-state index >= 15 is 0 Å². The van der Waals surface area contributed by atoms with Crippen molar-refractivity contribution in [1.29, 1.82) is 0 Å². The second kappa shape index (κ2) is 21.3. The van der Waals surface area contributed by atoms with Crippen LogP contribution in [0.3, 0.4) is 0 Å². The smallest absolute Gasteiger partial charge is 1.00 e. The molecule has 0 bridgehead atoms. The number of allylic oxidation sites excluding steroid dienone is 2. The summed E-state index contributed by atoms with van der Waals surface area (Å²) in [4.78, 5) is 0. The molecule has 0 saturated carbocycles. The quantitative estimate of drug-likeness (QED) is 0.320. The van der Waals surface area contributed by atoms with Gasteiger partial charge in [0, 0.05) is 12.8 Å². The zero-order valence-corrected chi connectivity index (χ0v) is 25.6. The first-order valence-corrected chi connectivity index (χ1v) is 14.2. The van der Waals surface area contributed by atoms with Gasteiger partial charge in [-0.3, -0.25) is 0 Å². The fourth-order valence-electron chi connectivity index (χ4n) is 3.32. The molecule has 0 unspecified atom stereocenters. The van der Waals surface area contributed by atoms with Crippen molar-refractivity contribution < 1.29 is 50.1 Å². The molecule has 0 aliphatic rings. The van der Waals surface area contributed by atoms with E-state index in [1.807, 2.05) is 24.3 Å². The standard InChI is InChI=1S/2C13H21OP.2ClH.Ni/c2*1-11(2)15(12(3)4)10-6-8-13-7-5-9-14-13;;;/h2*5-7,9-12H,8H2,1-4H3;2*1H;/q;;;;+2/p-2. The molecule has 2 nitrogen and oxygen atoms in total. The van der Waals surface area contributed by atoms with Gasteiger partial charge in [0.25, 0.3) is 0 Å². The van der Waals surface area contributed by atoms with E-state index < -0.39 is 0 Å². The summed E-state index contributed by atoms with van der Waals surface area (Å²) in [5.41, 5.74) is 3.08. The molecule has 0 aliphatic heterocycles. The van der Waals surface area contributed by atoms with Gasteiger partial charge in [-0.1, -0.05) is 95.0 Å². The number of hydrogen-bond acceptors (Lipinski definition) is 2. The largest absolute Gasteiger partial charge is 2.00 e. The molecule has 7 heteroatoms. The van der Waals surface area contributed by atoms with E-state index in [0.717, 1.165) is 47.0 Å². The molecule has 0 N–H and O–H groups in total. The SMILES string of the molecule is CC(C)P(C=CCc1ccco1)C(C)C.CC(C)P(C=CCc1ccco1)C(C)C.[Cl-].[Cl-].[Ni+2]. The van der Waals surface area contributed by atoms with Gasteiger partial charge in [0.1, 0.15) is 11.5 Å². The number of halogens is 2. The molecule has 0 fully saturated rings. The Morgan fingerprint density at radius 2 is 0.939 bits per heavy atom. The molecule has 0 aromatic carbocycles. The monoisotopic (exact) mass is 576 g/mol. The van der Waals surface area contributed by atoms with Crippen molar-refractivity contribution in [2.45, 2.75) is 90.9 Å². The molecule has 0 spiro atoms. The number of furan rings is 2. The maximum atomic E-state index is 5.29. The molecule has 2 aromatic rings. The van der Waals surface area contributed by atoms with Crippen molar-refractivity contribution in [3.05, 3.63) is 72.1 Å². The summed E-state index contributed by atoms with van der Waals surface area (Å²) in [6.07, 6.45) is 9.82. The van der Waals surface area contributed by atoms with Gasteiger partial charge in [0.05, 0.1) is 12.5 Å². The summed E-state index contributed by atoms with van der Waals surface area (Å²) in [6, 6.07) is 7.93. The minimum Gasteiger partial charge on any atom is -1.00 e. The molecule has 2 aromatic heterocycles. The van der Waals surface area contributed by atoms with Crippen LogP contribution in [0.2, 0.25) is 0 Å². The number of rotatable bonds is 10. The molecule has 0 aliphatic carbocycles. The van der Waals surface area contributed by atoms with Crippen molar-refractivity contribution in [2.24, 2.45) is 0 Å². The van der Waals surface area contributed by atoms with Crippen LogP contribution in [0, 0.1) is 0 Å². The Balaban J connectivity index is -0.000000500. The molecule has 0 atom stereocenters. The molecule has 33 heavy (non-hydrogen) atoms. The van der Waals surface area contributed by atoms with Crippen LogP contribution in [0.1, 0.15) is 66.9 Å². The summed E-state index contributed by atoms with van der Waals surface area (Å²) in [7, 11) is 0.0347. The van der Waals surface area contributed by atoms with Crippen LogP contribution in [0.15, 0.2) is 69.4 Å². The summed E-state index contributed by atoms with van der Waals surface area (Å²) < 4.78 is 10.6. The maximum absolute atomic E-state index is 5.29. The Kier molecular flexibility index (Phi) is 24.2. The Labute approximate surface area is 228 Å². The van der Waals surface area contributed by atoms with Crippen molar-refractivity contribution >= 4 is 15.8 Å². The van der Waals surface area contributed by atoms with Crippen LogP contribution in [0.25, 0.3) is 0 Å². The van der Waals surface area contributed by atoms with Crippen LogP contribution >= 0.6 is 15.8 Å². The number of hydrogen-bond donors (Lipinski definition) is 0. The zero-order chi connectivity index (χ0) is 22.5. The van der Waals surface area contributed by atoms with Crippen LogP contribution in [0.5, 0.6) is 0 Å². The average molecular weight is 578 g/mol. The molecular weight excluding hydrogens is 536 g/mol. The summed E-state index contributed by atoms with van der Waals surface area (Å²) in [5, 5.41) is 0. The molecule has 2 heterocycles. The molecule has 0 amide bonds. The van der Waals surface area contributed by atoms with Crippen molar-refractivity contribution in [2.75, 3.05) is 0 Å². The van der Waals surface area contributed by atoms with E-state index in [4.69, 9.17) is 8.83 Å². The molecule has 0 saturated heterocycles. The molecule has 192 valence electrons. The van der Waals surface area contributed by atoms with Gasteiger partial charge in [0.15, 0.2) is 0 Å². The molecular formula is C26H42Cl2NiO2P2. The van der Waals surface area contributed by atoms with Gasteiger partial charge in [0.2, 0.25) is 0 Å². The first kappa shape index (κ1) is 37.5. The molecule has 2 rings (SSSR count). The Morgan fingerprint density at radius 1 is 0.636 bits per heavy atom. The third-order valence-electron chi connectivity index (χ3n) is 4.74. The Morgan fingerprint density at radius 3 is 1.15 bits per heavy atom. The van der Waals surface area contributed by atoms with Crippen LogP contribution in [0.4, 0.5) is 0 Å². The fourth-order valence-corrected chi connectivity index (χ4v) is 7.78. The van der Waals surface area contributed by atoms with Gasteiger partial charge >= 0.3 is 16.5 Å². The van der Waals surface area contributed by atoms with Gasteiger partial charge in [-0.2, -0.15) is 0 Å². The predicted molar refractivity (Wildman–Crippen MR) is 137 cm³/mol. The topological polar surface area (TPSA) is 26.3 Å². The fraction of sp³-hybridized carbons (Fsp3) is 0.538. The van der Waals surface area contributed by atoms with E-state index in [1.165, 1.54) is 0 Å². The minimum atomic E-state index is 0. The maximum Gasteiger partial charge on any atom is 2.00 e. The van der Waals surface area contributed by atoms with Crippen LogP contribution in [-0.4, -0.2) is 22.6 Å². The minimum absolute atomic E-state index is 0. The Bertz CT molecular complexity index is 634. The van der Waals surface area contributed by atoms with E-state index in [1.54, 1.807) is 12.5 Å². The molecule has 0 radical (unpaired) electrons. The van der Waals surface area contributed by atoms with Gasteiger partial charge in [-0.05, 0) is 46.9 Å². The third kappa shape index (κ3) is 16.3.